The van der Waals surface area contributed by atoms with Gasteiger partial charge in [0.05, 0.1) is 6.61 Å². The van der Waals surface area contributed by atoms with E-state index in [4.69, 9.17) is 10.5 Å². The van der Waals surface area contributed by atoms with E-state index in [0.29, 0.717) is 13.0 Å². The number of aromatic amines is 1. The molecule has 0 saturated heterocycles. The maximum Gasteiger partial charge on any atom is 0.239 e. The first-order valence-electron chi connectivity index (χ1n) is 4.69. The van der Waals surface area contributed by atoms with Crippen molar-refractivity contribution in [3.8, 4) is 5.75 Å². The molecule has 0 spiro atoms. The van der Waals surface area contributed by atoms with E-state index in [1.54, 1.807) is 0 Å². The molecule has 0 bridgehead atoms. The Morgan fingerprint density at radius 3 is 2.73 bits per heavy atom. The molecule has 3 N–H and O–H groups in total. The minimum absolute atomic E-state index is 0.268. The van der Waals surface area contributed by atoms with E-state index >= 15 is 0 Å². The molecule has 1 aromatic carbocycles. The molecule has 1 aromatic heterocycles. The van der Waals surface area contributed by atoms with Gasteiger partial charge in [0, 0.05) is 6.42 Å². The predicted molar refractivity (Wildman–Crippen MR) is 56.4 cm³/mol. The van der Waals surface area contributed by atoms with Gasteiger partial charge in [-0.2, -0.15) is 4.98 Å². The highest BCUT2D eigenvalue weighted by molar-refractivity contribution is 5.21. The van der Waals surface area contributed by atoms with Crippen molar-refractivity contribution in [2.24, 2.45) is 0 Å². The summed E-state index contributed by atoms with van der Waals surface area (Å²) in [5.74, 6) is 1.86. The third kappa shape index (κ3) is 2.70. The molecule has 5 nitrogen and oxygen atoms in total. The first kappa shape index (κ1) is 9.51. The number of hydrogen-bond donors (Lipinski definition) is 2. The monoisotopic (exact) mass is 204 g/mol. The summed E-state index contributed by atoms with van der Waals surface area (Å²) in [5.41, 5.74) is 5.37. The molecule has 0 unspecified atom stereocenters. The number of aromatic nitrogens is 3. The van der Waals surface area contributed by atoms with E-state index in [9.17, 15) is 0 Å². The second-order valence-electron chi connectivity index (χ2n) is 3.05. The van der Waals surface area contributed by atoms with Crippen LogP contribution in [0.2, 0.25) is 0 Å². The average molecular weight is 204 g/mol. The van der Waals surface area contributed by atoms with Gasteiger partial charge >= 0.3 is 0 Å². The molecule has 2 aromatic rings. The van der Waals surface area contributed by atoms with Crippen molar-refractivity contribution in [3.05, 3.63) is 36.2 Å². The predicted octanol–water partition coefficient (Wildman–Crippen LogP) is 1.01. The Balaban J connectivity index is 1.80. The van der Waals surface area contributed by atoms with Gasteiger partial charge in [0.15, 0.2) is 0 Å². The van der Waals surface area contributed by atoms with Gasteiger partial charge in [-0.25, -0.2) is 0 Å². The molecule has 0 aliphatic carbocycles. The number of anilines is 1. The van der Waals surface area contributed by atoms with Gasteiger partial charge in [-0.3, -0.25) is 5.10 Å². The number of H-pyrrole nitrogens is 1. The van der Waals surface area contributed by atoms with E-state index in [1.807, 2.05) is 30.3 Å². The van der Waals surface area contributed by atoms with E-state index in [0.717, 1.165) is 11.6 Å². The van der Waals surface area contributed by atoms with E-state index < -0.39 is 0 Å². The molecule has 0 aliphatic heterocycles. The van der Waals surface area contributed by atoms with Crippen molar-refractivity contribution in [1.82, 2.24) is 15.2 Å². The minimum atomic E-state index is 0.268. The zero-order valence-electron chi connectivity index (χ0n) is 8.18. The standard InChI is InChI=1S/C10H12N4O/c11-10-12-9(13-14-10)6-7-15-8-4-2-1-3-5-8/h1-5H,6-7H2,(H3,11,12,13,14). The lowest BCUT2D eigenvalue weighted by Gasteiger charge is -2.03. The lowest BCUT2D eigenvalue weighted by Crippen LogP contribution is -2.02. The fourth-order valence-electron chi connectivity index (χ4n) is 1.20. The van der Waals surface area contributed by atoms with Gasteiger partial charge < -0.3 is 10.5 Å². The first-order valence-corrected chi connectivity index (χ1v) is 4.69. The zero-order valence-corrected chi connectivity index (χ0v) is 8.18. The summed E-state index contributed by atoms with van der Waals surface area (Å²) in [5, 5.41) is 6.45. The molecule has 1 heterocycles. The Labute approximate surface area is 87.3 Å². The number of rotatable bonds is 4. The molecule has 5 heteroatoms. The average Bonchev–Trinajstić information content (AvgIpc) is 2.66. The van der Waals surface area contributed by atoms with Crippen molar-refractivity contribution >= 4 is 5.95 Å². The summed E-state index contributed by atoms with van der Waals surface area (Å²) in [6.07, 6.45) is 0.666. The third-order valence-corrected chi connectivity index (χ3v) is 1.90. The van der Waals surface area contributed by atoms with Crippen molar-refractivity contribution in [1.29, 1.82) is 0 Å². The van der Waals surface area contributed by atoms with Gasteiger partial charge in [0.2, 0.25) is 5.95 Å². The van der Waals surface area contributed by atoms with Crippen LogP contribution >= 0.6 is 0 Å². The summed E-state index contributed by atoms with van der Waals surface area (Å²) >= 11 is 0. The SMILES string of the molecule is Nc1n[nH]c(CCOc2ccccc2)n1. The van der Waals surface area contributed by atoms with E-state index in [-0.39, 0.29) is 5.95 Å². The Kier molecular flexibility index (Phi) is 2.82. The van der Waals surface area contributed by atoms with Crippen LogP contribution in [0.5, 0.6) is 5.75 Å². The number of ether oxygens (including phenoxy) is 1. The van der Waals surface area contributed by atoms with Crippen LogP contribution in [0, 0.1) is 0 Å². The first-order chi connectivity index (χ1) is 7.34. The van der Waals surface area contributed by atoms with Crippen LogP contribution in [-0.2, 0) is 6.42 Å². The highest BCUT2D eigenvalue weighted by Crippen LogP contribution is 2.08. The highest BCUT2D eigenvalue weighted by Gasteiger charge is 1.99. The van der Waals surface area contributed by atoms with Gasteiger partial charge in [-0.05, 0) is 12.1 Å². The molecular formula is C10H12N4O. The van der Waals surface area contributed by atoms with Crippen LogP contribution in [0.3, 0.4) is 0 Å². The van der Waals surface area contributed by atoms with Crippen LogP contribution in [-0.4, -0.2) is 21.8 Å². The summed E-state index contributed by atoms with van der Waals surface area (Å²) in [6, 6.07) is 9.64. The molecular weight excluding hydrogens is 192 g/mol. The maximum atomic E-state index is 5.49. The summed E-state index contributed by atoms with van der Waals surface area (Å²) in [6.45, 7) is 0.554. The number of nitrogen functional groups attached to an aromatic ring is 1. The second-order valence-corrected chi connectivity index (χ2v) is 3.05. The van der Waals surface area contributed by atoms with Gasteiger partial charge in [0.1, 0.15) is 11.6 Å². The fourth-order valence-corrected chi connectivity index (χ4v) is 1.20. The van der Waals surface area contributed by atoms with Gasteiger partial charge in [-0.1, -0.05) is 18.2 Å². The molecule has 15 heavy (non-hydrogen) atoms. The highest BCUT2D eigenvalue weighted by atomic mass is 16.5. The van der Waals surface area contributed by atoms with E-state index in [1.165, 1.54) is 0 Å². The molecule has 78 valence electrons. The van der Waals surface area contributed by atoms with Gasteiger partial charge in [-0.15, -0.1) is 5.10 Å². The molecule has 0 fully saturated rings. The fraction of sp³-hybridized carbons (Fsp3) is 0.200. The quantitative estimate of drug-likeness (QED) is 0.779. The Bertz CT molecular complexity index is 412. The Hall–Kier alpha value is -2.04. The molecule has 0 aliphatic rings. The number of nitrogens with zero attached hydrogens (tertiary/aromatic N) is 2. The number of benzene rings is 1. The van der Waals surface area contributed by atoms with Crippen molar-refractivity contribution < 1.29 is 4.74 Å². The molecule has 0 radical (unpaired) electrons. The lowest BCUT2D eigenvalue weighted by atomic mass is 10.3. The molecule has 2 rings (SSSR count). The van der Waals surface area contributed by atoms with Crippen LogP contribution in [0.25, 0.3) is 0 Å². The topological polar surface area (TPSA) is 76.8 Å². The molecule has 0 atom stereocenters. The lowest BCUT2D eigenvalue weighted by molar-refractivity contribution is 0.319. The van der Waals surface area contributed by atoms with Crippen LogP contribution in [0.4, 0.5) is 5.95 Å². The van der Waals surface area contributed by atoms with Crippen molar-refractivity contribution in [3.63, 3.8) is 0 Å². The number of para-hydroxylation sites is 1. The summed E-state index contributed by atoms with van der Waals surface area (Å²) in [7, 11) is 0. The summed E-state index contributed by atoms with van der Waals surface area (Å²) < 4.78 is 5.49. The second kappa shape index (κ2) is 4.45. The van der Waals surface area contributed by atoms with Crippen molar-refractivity contribution in [2.45, 2.75) is 6.42 Å². The number of nitrogens with two attached hydrogens (primary N) is 1. The van der Waals surface area contributed by atoms with Gasteiger partial charge in [0.25, 0.3) is 0 Å². The summed E-state index contributed by atoms with van der Waals surface area (Å²) in [4.78, 5) is 3.97. The third-order valence-electron chi connectivity index (χ3n) is 1.90. The van der Waals surface area contributed by atoms with E-state index in [2.05, 4.69) is 15.2 Å². The Morgan fingerprint density at radius 1 is 1.27 bits per heavy atom. The number of nitrogens with one attached hydrogen (secondary N) is 1. The zero-order chi connectivity index (χ0) is 10.5. The maximum absolute atomic E-state index is 5.49. The minimum Gasteiger partial charge on any atom is -0.493 e. The molecule has 0 amide bonds. The Morgan fingerprint density at radius 2 is 2.07 bits per heavy atom. The van der Waals surface area contributed by atoms with Crippen LogP contribution in [0.15, 0.2) is 30.3 Å². The number of hydrogen-bond acceptors (Lipinski definition) is 4. The van der Waals surface area contributed by atoms with Crippen LogP contribution in [0.1, 0.15) is 5.82 Å². The normalized spacial score (nSPS) is 10.1. The largest absolute Gasteiger partial charge is 0.493 e. The van der Waals surface area contributed by atoms with Crippen LogP contribution < -0.4 is 10.5 Å². The smallest absolute Gasteiger partial charge is 0.239 e. The molecule has 0 saturated carbocycles. The van der Waals surface area contributed by atoms with Crippen molar-refractivity contribution in [2.75, 3.05) is 12.3 Å².